The Kier molecular flexibility index (Phi) is 4.32. The van der Waals surface area contributed by atoms with Gasteiger partial charge in [0, 0.05) is 29.1 Å². The molecule has 0 unspecified atom stereocenters. The summed E-state index contributed by atoms with van der Waals surface area (Å²) in [6.07, 6.45) is 2.23. The Hall–Kier alpha value is -0.990. The molecule has 0 aliphatic carbocycles. The van der Waals surface area contributed by atoms with E-state index in [-0.39, 0.29) is 0 Å². The molecule has 0 saturated heterocycles. The number of halogens is 2. The molecule has 0 fully saturated rings. The summed E-state index contributed by atoms with van der Waals surface area (Å²) in [5.74, 6) is 0.548. The monoisotopic (exact) mass is 349 g/mol. The second kappa shape index (κ2) is 6.19. The highest BCUT2D eigenvalue weighted by Crippen LogP contribution is 2.27. The van der Waals surface area contributed by atoms with Crippen molar-refractivity contribution >= 4 is 33.2 Å². The van der Waals surface area contributed by atoms with E-state index >= 15 is 0 Å². The third kappa shape index (κ3) is 2.87. The lowest BCUT2D eigenvalue weighted by atomic mass is 10.0. The van der Waals surface area contributed by atoms with E-state index in [2.05, 4.69) is 63.3 Å². The Balaban J connectivity index is 1.81. The zero-order valence-corrected chi connectivity index (χ0v) is 13.6. The zero-order chi connectivity index (χ0) is 13.9. The van der Waals surface area contributed by atoms with Gasteiger partial charge >= 0.3 is 0 Å². The van der Waals surface area contributed by atoms with Crippen LogP contribution < -0.4 is 4.90 Å². The lowest BCUT2D eigenvalue weighted by Gasteiger charge is -2.23. The van der Waals surface area contributed by atoms with Crippen molar-refractivity contribution in [2.24, 2.45) is 0 Å². The summed E-state index contributed by atoms with van der Waals surface area (Å²) in [4.78, 5) is 2.46. The van der Waals surface area contributed by atoms with Gasteiger partial charge in [0.05, 0.1) is 0 Å². The Labute approximate surface area is 133 Å². The first-order valence-electron chi connectivity index (χ1n) is 6.94. The van der Waals surface area contributed by atoms with E-state index in [4.69, 9.17) is 11.6 Å². The molecule has 0 saturated carbocycles. The van der Waals surface area contributed by atoms with Crippen LogP contribution in [0.25, 0.3) is 0 Å². The van der Waals surface area contributed by atoms with Crippen molar-refractivity contribution < 1.29 is 0 Å². The van der Waals surface area contributed by atoms with Crippen LogP contribution in [-0.2, 0) is 18.7 Å². The third-order valence-corrected chi connectivity index (χ3v) is 4.99. The molecule has 1 aliphatic rings. The fraction of sp³-hybridized carbons (Fsp3) is 0.294. The minimum atomic E-state index is 0.548. The second-order valence-corrected chi connectivity index (χ2v) is 6.29. The van der Waals surface area contributed by atoms with E-state index in [0.29, 0.717) is 5.88 Å². The highest BCUT2D eigenvalue weighted by Gasteiger charge is 2.14. The van der Waals surface area contributed by atoms with Gasteiger partial charge in [-0.05, 0) is 41.7 Å². The largest absolute Gasteiger partial charge is 0.371 e. The summed E-state index contributed by atoms with van der Waals surface area (Å²) in [5, 5.41) is 0. The van der Waals surface area contributed by atoms with Crippen molar-refractivity contribution in [3.63, 3.8) is 0 Å². The van der Waals surface area contributed by atoms with Crippen molar-refractivity contribution in [3.8, 4) is 0 Å². The molecule has 20 heavy (non-hydrogen) atoms. The maximum atomic E-state index is 5.91. The van der Waals surface area contributed by atoms with Crippen LogP contribution in [0.3, 0.4) is 0 Å². The Bertz CT molecular complexity index is 585. The predicted molar refractivity (Wildman–Crippen MR) is 89.8 cm³/mol. The summed E-state index contributed by atoms with van der Waals surface area (Å²) in [7, 11) is 0. The molecular weight excluding hydrogens is 334 g/mol. The molecule has 0 radical (unpaired) electrons. The molecule has 2 aromatic carbocycles. The van der Waals surface area contributed by atoms with E-state index in [1.165, 1.54) is 16.8 Å². The van der Waals surface area contributed by atoms with Crippen LogP contribution in [-0.4, -0.2) is 13.1 Å². The fourth-order valence-electron chi connectivity index (χ4n) is 2.77. The van der Waals surface area contributed by atoms with Crippen LogP contribution >= 0.6 is 27.5 Å². The van der Waals surface area contributed by atoms with Crippen molar-refractivity contribution in [1.29, 1.82) is 0 Å². The Morgan fingerprint density at radius 2 is 1.65 bits per heavy atom. The lowest BCUT2D eigenvalue weighted by molar-refractivity contribution is 0.805. The summed E-state index contributed by atoms with van der Waals surface area (Å²) in [5.41, 5.74) is 5.41. The molecule has 0 amide bonds. The summed E-state index contributed by atoms with van der Waals surface area (Å²) in [6.45, 7) is 2.15. The molecule has 104 valence electrons. The van der Waals surface area contributed by atoms with Crippen LogP contribution in [0.2, 0.25) is 0 Å². The van der Waals surface area contributed by atoms with Gasteiger partial charge in [0.25, 0.3) is 0 Å². The number of anilines is 1. The number of benzene rings is 2. The van der Waals surface area contributed by atoms with E-state index in [1.807, 2.05) is 0 Å². The number of fused-ring (bicyclic) bond motifs is 1. The minimum absolute atomic E-state index is 0.548. The van der Waals surface area contributed by atoms with Gasteiger partial charge in [0.15, 0.2) is 0 Å². The second-order valence-electron chi connectivity index (χ2n) is 5.17. The van der Waals surface area contributed by atoms with Crippen LogP contribution in [0.4, 0.5) is 5.69 Å². The number of hydrogen-bond acceptors (Lipinski definition) is 1. The molecule has 0 atom stereocenters. The van der Waals surface area contributed by atoms with Crippen molar-refractivity contribution in [1.82, 2.24) is 0 Å². The number of nitrogens with zero attached hydrogens (tertiary/aromatic N) is 1. The maximum absolute atomic E-state index is 5.91. The van der Waals surface area contributed by atoms with Gasteiger partial charge in [-0.15, -0.1) is 11.6 Å². The van der Waals surface area contributed by atoms with Gasteiger partial charge in [-0.25, -0.2) is 0 Å². The summed E-state index contributed by atoms with van der Waals surface area (Å²) >= 11 is 9.52. The van der Waals surface area contributed by atoms with Crippen molar-refractivity contribution in [3.05, 3.63) is 63.6 Å². The summed E-state index contributed by atoms with van der Waals surface area (Å²) < 4.78 is 1.10. The normalized spacial score (nSPS) is 14.8. The highest BCUT2D eigenvalue weighted by molar-refractivity contribution is 9.10. The first kappa shape index (κ1) is 14.0. The minimum Gasteiger partial charge on any atom is -0.371 e. The molecule has 2 aromatic rings. The topological polar surface area (TPSA) is 3.24 Å². The molecule has 0 spiro atoms. The van der Waals surface area contributed by atoms with Gasteiger partial charge < -0.3 is 4.90 Å². The van der Waals surface area contributed by atoms with Gasteiger partial charge in [-0.1, -0.05) is 46.3 Å². The molecule has 3 rings (SSSR count). The lowest BCUT2D eigenvalue weighted by Crippen LogP contribution is -2.25. The average molecular weight is 351 g/mol. The number of rotatable bonds is 2. The zero-order valence-electron chi connectivity index (χ0n) is 11.3. The van der Waals surface area contributed by atoms with Gasteiger partial charge in [0.2, 0.25) is 0 Å². The van der Waals surface area contributed by atoms with Crippen LogP contribution in [0.5, 0.6) is 0 Å². The van der Waals surface area contributed by atoms with Gasteiger partial charge in [0.1, 0.15) is 0 Å². The quantitative estimate of drug-likeness (QED) is 0.704. The summed E-state index contributed by atoms with van der Waals surface area (Å²) in [6, 6.07) is 15.3. The molecule has 3 heteroatoms. The molecule has 0 bridgehead atoms. The highest BCUT2D eigenvalue weighted by atomic mass is 79.9. The van der Waals surface area contributed by atoms with E-state index < -0.39 is 0 Å². The maximum Gasteiger partial charge on any atom is 0.0485 e. The standard InChI is InChI=1S/C17H17BrClN/c18-17-11-16(6-5-15(17)12-19)20-9-7-13-3-1-2-4-14(13)8-10-20/h1-6,11H,7-10,12H2. The number of hydrogen-bond donors (Lipinski definition) is 0. The molecule has 0 aromatic heterocycles. The first-order chi connectivity index (χ1) is 9.78. The van der Waals surface area contributed by atoms with E-state index in [0.717, 1.165) is 36.0 Å². The molecule has 1 nitrogen and oxygen atoms in total. The molecule has 0 N–H and O–H groups in total. The Morgan fingerprint density at radius 1 is 1.00 bits per heavy atom. The predicted octanol–water partition coefficient (Wildman–Crippen LogP) is 4.79. The van der Waals surface area contributed by atoms with Gasteiger partial charge in [-0.3, -0.25) is 0 Å². The van der Waals surface area contributed by atoms with Crippen LogP contribution in [0.1, 0.15) is 16.7 Å². The average Bonchev–Trinajstić information content (AvgIpc) is 2.70. The molecule has 1 aliphatic heterocycles. The third-order valence-electron chi connectivity index (χ3n) is 3.97. The smallest absolute Gasteiger partial charge is 0.0485 e. The van der Waals surface area contributed by atoms with E-state index in [9.17, 15) is 0 Å². The Morgan fingerprint density at radius 3 is 2.20 bits per heavy atom. The van der Waals surface area contributed by atoms with Crippen molar-refractivity contribution in [2.75, 3.05) is 18.0 Å². The molecular formula is C17H17BrClN. The van der Waals surface area contributed by atoms with Crippen LogP contribution in [0, 0.1) is 0 Å². The fourth-order valence-corrected chi connectivity index (χ4v) is 3.67. The number of alkyl halides is 1. The van der Waals surface area contributed by atoms with Crippen molar-refractivity contribution in [2.45, 2.75) is 18.7 Å². The van der Waals surface area contributed by atoms with E-state index in [1.54, 1.807) is 0 Å². The van der Waals surface area contributed by atoms with Crippen LogP contribution in [0.15, 0.2) is 46.9 Å². The molecule has 1 heterocycles. The van der Waals surface area contributed by atoms with Gasteiger partial charge in [-0.2, -0.15) is 0 Å². The first-order valence-corrected chi connectivity index (χ1v) is 8.27. The SMILES string of the molecule is ClCc1ccc(N2CCc3ccccc3CC2)cc1Br.